The predicted octanol–water partition coefficient (Wildman–Crippen LogP) is 5.07. The van der Waals surface area contributed by atoms with Crippen molar-refractivity contribution in [3.63, 3.8) is 0 Å². The Morgan fingerprint density at radius 1 is 1.10 bits per heavy atom. The molecule has 148 valence electrons. The molecule has 3 aromatic rings. The first-order chi connectivity index (χ1) is 14.3. The highest BCUT2D eigenvalue weighted by Crippen LogP contribution is 2.33. The maximum absolute atomic E-state index is 6.54. The van der Waals surface area contributed by atoms with Crippen LogP contribution in [0.5, 0.6) is 0 Å². The number of imidazole rings is 1. The van der Waals surface area contributed by atoms with Crippen molar-refractivity contribution in [2.75, 3.05) is 24.7 Å². The van der Waals surface area contributed by atoms with E-state index in [1.165, 1.54) is 0 Å². The van der Waals surface area contributed by atoms with Crippen LogP contribution in [0.2, 0.25) is 5.02 Å². The number of aromatic nitrogens is 3. The van der Waals surface area contributed by atoms with Gasteiger partial charge in [0, 0.05) is 44.3 Å². The zero-order valence-corrected chi connectivity index (χ0v) is 16.9. The van der Waals surface area contributed by atoms with Crippen molar-refractivity contribution in [3.8, 4) is 11.1 Å². The first kappa shape index (κ1) is 18.4. The third-order valence-electron chi connectivity index (χ3n) is 5.68. The molecule has 5 nitrogen and oxygen atoms in total. The molecule has 1 saturated heterocycles. The van der Waals surface area contributed by atoms with Crippen LogP contribution in [-0.4, -0.2) is 34.3 Å². The summed E-state index contributed by atoms with van der Waals surface area (Å²) in [5.41, 5.74) is 4.22. The fourth-order valence-electron chi connectivity index (χ4n) is 4.02. The van der Waals surface area contributed by atoms with Crippen LogP contribution in [0, 0.1) is 5.92 Å². The zero-order valence-electron chi connectivity index (χ0n) is 16.2. The van der Waals surface area contributed by atoms with Gasteiger partial charge < -0.3 is 14.2 Å². The molecule has 0 spiro atoms. The molecule has 2 aliphatic heterocycles. The summed E-state index contributed by atoms with van der Waals surface area (Å²) >= 11 is 6.54. The van der Waals surface area contributed by atoms with Crippen molar-refractivity contribution in [3.05, 3.63) is 66.2 Å². The Morgan fingerprint density at radius 2 is 2.00 bits per heavy atom. The van der Waals surface area contributed by atoms with Crippen LogP contribution < -0.4 is 4.90 Å². The second-order valence-corrected chi connectivity index (χ2v) is 8.01. The first-order valence-corrected chi connectivity index (χ1v) is 10.4. The van der Waals surface area contributed by atoms with Gasteiger partial charge in [0.05, 0.1) is 22.4 Å². The molecule has 5 rings (SSSR count). The number of ether oxygens (including phenoxy) is 1. The topological polar surface area (TPSA) is 43.2 Å². The minimum atomic E-state index is 0.639. The number of benzene rings is 1. The Kier molecular flexibility index (Phi) is 5.08. The summed E-state index contributed by atoms with van der Waals surface area (Å²) in [6, 6.07) is 8.42. The fourth-order valence-corrected chi connectivity index (χ4v) is 4.23. The van der Waals surface area contributed by atoms with Gasteiger partial charge >= 0.3 is 0 Å². The molecule has 6 heteroatoms. The Hall–Kier alpha value is -2.63. The maximum atomic E-state index is 6.54. The number of fused-ring (bicyclic) bond motifs is 1. The summed E-state index contributed by atoms with van der Waals surface area (Å²) < 4.78 is 7.77. The van der Waals surface area contributed by atoms with Gasteiger partial charge in [-0.05, 0) is 48.6 Å². The smallest absolute Gasteiger partial charge is 0.133 e. The number of hydrogen-bond donors (Lipinski definition) is 0. The highest BCUT2D eigenvalue weighted by molar-refractivity contribution is 6.33. The van der Waals surface area contributed by atoms with E-state index in [4.69, 9.17) is 16.3 Å². The molecule has 2 aromatic heterocycles. The van der Waals surface area contributed by atoms with Gasteiger partial charge in [-0.25, -0.2) is 9.97 Å². The minimum absolute atomic E-state index is 0.639. The summed E-state index contributed by atoms with van der Waals surface area (Å²) in [6.45, 7) is 3.50. The van der Waals surface area contributed by atoms with Gasteiger partial charge in [-0.3, -0.25) is 0 Å². The third-order valence-corrected chi connectivity index (χ3v) is 5.98. The Balaban J connectivity index is 1.49. The molecule has 0 atom stereocenters. The molecule has 1 fully saturated rings. The number of nitrogens with zero attached hydrogens (tertiary/aromatic N) is 4. The zero-order chi connectivity index (χ0) is 19.6. The summed E-state index contributed by atoms with van der Waals surface area (Å²) in [7, 11) is 0. The van der Waals surface area contributed by atoms with Gasteiger partial charge in [0.2, 0.25) is 0 Å². The van der Waals surface area contributed by atoms with E-state index in [1.807, 2.05) is 24.7 Å². The molecule has 4 heterocycles. The third kappa shape index (κ3) is 3.80. The summed E-state index contributed by atoms with van der Waals surface area (Å²) in [6.07, 6.45) is 14.1. The van der Waals surface area contributed by atoms with Gasteiger partial charge in [0.25, 0.3) is 0 Å². The van der Waals surface area contributed by atoms with Crippen LogP contribution in [0.4, 0.5) is 5.82 Å². The van der Waals surface area contributed by atoms with E-state index in [1.54, 1.807) is 6.20 Å². The lowest BCUT2D eigenvalue weighted by Crippen LogP contribution is -2.20. The number of pyridine rings is 1. The largest absolute Gasteiger partial charge is 0.381 e. The van der Waals surface area contributed by atoms with Gasteiger partial charge in [0.15, 0.2) is 0 Å². The molecule has 0 N–H and O–H groups in total. The molecule has 0 unspecified atom stereocenters. The van der Waals surface area contributed by atoms with Crippen LogP contribution in [-0.2, 0) is 11.3 Å². The van der Waals surface area contributed by atoms with Gasteiger partial charge in [-0.15, -0.1) is 0 Å². The van der Waals surface area contributed by atoms with Crippen molar-refractivity contribution in [1.29, 1.82) is 0 Å². The van der Waals surface area contributed by atoms with Crippen LogP contribution in [0.25, 0.3) is 22.2 Å². The number of allylic oxidation sites excluding steroid dienone is 2. The first-order valence-electron chi connectivity index (χ1n) is 10.1. The lowest BCUT2D eigenvalue weighted by molar-refractivity contribution is 0.0616. The van der Waals surface area contributed by atoms with Crippen LogP contribution in [0.15, 0.2) is 61.2 Å². The van der Waals surface area contributed by atoms with Crippen molar-refractivity contribution >= 4 is 28.5 Å². The molecule has 0 saturated carbocycles. The van der Waals surface area contributed by atoms with E-state index >= 15 is 0 Å². The van der Waals surface area contributed by atoms with Gasteiger partial charge in [0.1, 0.15) is 5.82 Å². The van der Waals surface area contributed by atoms with E-state index in [0.717, 1.165) is 67.1 Å². The molecule has 0 amide bonds. The second kappa shape index (κ2) is 8.01. The van der Waals surface area contributed by atoms with Crippen molar-refractivity contribution in [2.24, 2.45) is 5.92 Å². The van der Waals surface area contributed by atoms with Crippen LogP contribution in [0.1, 0.15) is 12.8 Å². The molecule has 2 aliphatic rings. The number of halogens is 1. The summed E-state index contributed by atoms with van der Waals surface area (Å²) in [4.78, 5) is 11.2. The Labute approximate surface area is 175 Å². The fraction of sp³-hybridized carbons (Fsp3) is 0.304. The molecule has 29 heavy (non-hydrogen) atoms. The number of rotatable bonds is 4. The minimum Gasteiger partial charge on any atom is -0.381 e. The van der Waals surface area contributed by atoms with E-state index in [9.17, 15) is 0 Å². The molecule has 0 bridgehead atoms. The molecule has 1 aromatic carbocycles. The van der Waals surface area contributed by atoms with E-state index in [2.05, 4.69) is 49.8 Å². The van der Waals surface area contributed by atoms with Crippen LogP contribution in [0.3, 0.4) is 0 Å². The Bertz CT molecular complexity index is 1080. The lowest BCUT2D eigenvalue weighted by Gasteiger charge is -2.22. The lowest BCUT2D eigenvalue weighted by atomic mass is 10.00. The SMILES string of the molecule is Clc1cnc(N2C=CC=CC2)cc1-c1ccc2ncn(CC3CCOCC3)c2c1. The highest BCUT2D eigenvalue weighted by atomic mass is 35.5. The number of hydrogen-bond acceptors (Lipinski definition) is 4. The second-order valence-electron chi connectivity index (χ2n) is 7.60. The predicted molar refractivity (Wildman–Crippen MR) is 117 cm³/mol. The molecule has 0 aliphatic carbocycles. The van der Waals surface area contributed by atoms with E-state index < -0.39 is 0 Å². The molecular formula is C23H23ClN4O. The van der Waals surface area contributed by atoms with Crippen molar-refractivity contribution in [1.82, 2.24) is 14.5 Å². The molecular weight excluding hydrogens is 384 g/mol. The van der Waals surface area contributed by atoms with Gasteiger partial charge in [-0.2, -0.15) is 0 Å². The van der Waals surface area contributed by atoms with E-state index in [-0.39, 0.29) is 0 Å². The monoisotopic (exact) mass is 406 g/mol. The standard InChI is InChI=1S/C23H23ClN4O/c24-20-14-25-23(27-8-2-1-3-9-27)13-19(20)18-4-5-21-22(12-18)28(16-26-21)15-17-6-10-29-11-7-17/h1-5,8,12-14,16-17H,6-7,9-11,15H2. The Morgan fingerprint density at radius 3 is 2.83 bits per heavy atom. The number of anilines is 1. The summed E-state index contributed by atoms with van der Waals surface area (Å²) in [5.74, 6) is 1.53. The highest BCUT2D eigenvalue weighted by Gasteiger charge is 2.17. The van der Waals surface area contributed by atoms with Gasteiger partial charge in [-0.1, -0.05) is 29.8 Å². The quantitative estimate of drug-likeness (QED) is 0.606. The normalized spacial score (nSPS) is 17.3. The summed E-state index contributed by atoms with van der Waals surface area (Å²) in [5, 5.41) is 0.653. The van der Waals surface area contributed by atoms with Crippen molar-refractivity contribution < 1.29 is 4.74 Å². The van der Waals surface area contributed by atoms with Crippen molar-refractivity contribution in [2.45, 2.75) is 19.4 Å². The molecule has 0 radical (unpaired) electrons. The van der Waals surface area contributed by atoms with Crippen LogP contribution >= 0.6 is 11.6 Å². The average molecular weight is 407 g/mol. The van der Waals surface area contributed by atoms with E-state index in [0.29, 0.717) is 10.9 Å². The average Bonchev–Trinajstić information content (AvgIpc) is 3.17. The maximum Gasteiger partial charge on any atom is 0.133 e.